The Morgan fingerprint density at radius 1 is 0.739 bits per heavy atom. The molecule has 18 rings (SSSR count). The van der Waals surface area contributed by atoms with Crippen LogP contribution in [0.5, 0.6) is 0 Å². The first-order valence-electron chi connectivity index (χ1n) is 35.5. The van der Waals surface area contributed by atoms with Gasteiger partial charge in [-0.3, -0.25) is 0 Å². The molecule has 3 aliphatic heterocycles. The van der Waals surface area contributed by atoms with Crippen LogP contribution in [0.15, 0.2) is 84.4 Å². The van der Waals surface area contributed by atoms with E-state index in [1.807, 2.05) is 19.2 Å². The van der Waals surface area contributed by atoms with E-state index in [4.69, 9.17) is 9.47 Å². The summed E-state index contributed by atoms with van der Waals surface area (Å²) in [5.41, 5.74) is -2.51. The lowest BCUT2D eigenvalue weighted by Crippen LogP contribution is -2.84. The van der Waals surface area contributed by atoms with E-state index in [2.05, 4.69) is 84.7 Å². The van der Waals surface area contributed by atoms with Gasteiger partial charge in [-0.1, -0.05) is 98.3 Å². The monoisotopic (exact) mass is 1190 g/mol. The van der Waals surface area contributed by atoms with Crippen molar-refractivity contribution in [2.45, 2.75) is 221 Å². The van der Waals surface area contributed by atoms with Gasteiger partial charge in [-0.2, -0.15) is 0 Å². The summed E-state index contributed by atoms with van der Waals surface area (Å²) >= 11 is 0. The topological polar surface area (TPSA) is 166 Å². The molecule has 468 valence electrons. The van der Waals surface area contributed by atoms with Crippen LogP contribution in [-0.4, -0.2) is 92.6 Å². The van der Waals surface area contributed by atoms with E-state index in [1.165, 1.54) is 42.2 Å². The first-order chi connectivity index (χ1) is 42.6. The highest BCUT2D eigenvalue weighted by Gasteiger charge is 2.88. The van der Waals surface area contributed by atoms with E-state index < -0.39 is 67.8 Å². The molecule has 15 aliphatic rings. The smallest absolute Gasteiger partial charge is 0.331 e. The van der Waals surface area contributed by atoms with Crippen LogP contribution < -0.4 is 5.32 Å². The van der Waals surface area contributed by atoms with Crippen LogP contribution >= 0.6 is 0 Å². The van der Waals surface area contributed by atoms with Gasteiger partial charge in [0.05, 0.1) is 42.0 Å². The second-order valence-electron chi connectivity index (χ2n) is 33.0. The summed E-state index contributed by atoms with van der Waals surface area (Å²) in [4.78, 5) is 30.5. The van der Waals surface area contributed by atoms with Crippen LogP contribution in [0.4, 0.5) is 0 Å². The molecule has 6 N–H and O–H groups in total. The maximum atomic E-state index is 16.1. The number of rotatable bonds is 5. The fraction of sp³-hybridized carbons (Fsp3) is 0.692. The molecule has 3 aromatic rings. The van der Waals surface area contributed by atoms with Gasteiger partial charge in [0.15, 0.2) is 0 Å². The van der Waals surface area contributed by atoms with Crippen molar-refractivity contribution in [3.05, 3.63) is 118 Å². The van der Waals surface area contributed by atoms with Gasteiger partial charge in [-0.25, -0.2) is 4.79 Å². The SMILES string of the molecule is CN[C@H]1Cc2c(cccc2CO)C#CC2(CCCC2)C[C@]23CC[C@H]4[C@@](O)(C[C@@H]5C[C@@H]6CC[C@@H]7[C@H]8O[C@H](Cc9cccc(c9)C[C@H]9CC[C@H](C9)[C@H]6C)C[C@H]6C[C@H]9C[C@H](c%10ccccc%10)CC[C@H]9[C@]68C[C@@]4(C=O)[C@]57O)[C@@]2(O)C[C@@H]2C[C@H]1[C@H]1OC(=O)C=C1[C@@]23CO. The maximum absolute atomic E-state index is 16.1. The van der Waals surface area contributed by atoms with E-state index in [-0.39, 0.29) is 79.8 Å². The van der Waals surface area contributed by atoms with Crippen LogP contribution in [0.25, 0.3) is 0 Å². The summed E-state index contributed by atoms with van der Waals surface area (Å²) in [5, 5.41) is 74.3. The Morgan fingerprint density at radius 3 is 2.31 bits per heavy atom. The zero-order valence-electron chi connectivity index (χ0n) is 52.4. The minimum absolute atomic E-state index is 0.0310. The lowest BCUT2D eigenvalue weighted by atomic mass is 9.31. The number of hydrogen-bond donors (Lipinski definition) is 6. The number of benzene rings is 3. The molecule has 11 fully saturated rings. The number of nitrogens with one attached hydrogen (secondary N) is 1. The number of fused-ring (bicyclic) bond motifs is 12. The van der Waals surface area contributed by atoms with Crippen LogP contribution in [0.1, 0.15) is 187 Å². The van der Waals surface area contributed by atoms with Crippen LogP contribution in [-0.2, 0) is 44.9 Å². The predicted octanol–water partition coefficient (Wildman–Crippen LogP) is 11.3. The van der Waals surface area contributed by atoms with Crippen LogP contribution in [0, 0.1) is 110 Å². The number of carbonyl (C=O) groups is 2. The van der Waals surface area contributed by atoms with Gasteiger partial charge in [0.1, 0.15) is 18.0 Å². The van der Waals surface area contributed by atoms with Gasteiger partial charge >= 0.3 is 5.97 Å². The molecule has 12 aliphatic carbocycles. The van der Waals surface area contributed by atoms with Crippen molar-refractivity contribution in [3.8, 4) is 11.8 Å². The largest absolute Gasteiger partial charge is 0.454 e. The number of likely N-dealkylation sites (N-methyl/N-ethyl adjacent to an activating group) is 1. The highest BCUT2D eigenvalue weighted by Crippen LogP contribution is 2.84. The molecule has 3 aromatic carbocycles. The zero-order valence-corrected chi connectivity index (χ0v) is 52.4. The van der Waals surface area contributed by atoms with Gasteiger partial charge in [-0.15, -0.1) is 0 Å². The van der Waals surface area contributed by atoms with Crippen molar-refractivity contribution >= 4 is 12.3 Å². The van der Waals surface area contributed by atoms with E-state index in [0.29, 0.717) is 74.5 Å². The number of esters is 1. The summed E-state index contributed by atoms with van der Waals surface area (Å²) in [6.07, 6.45) is 21.4. The van der Waals surface area contributed by atoms with Crippen LogP contribution in [0.3, 0.4) is 0 Å². The highest BCUT2D eigenvalue weighted by atomic mass is 16.5. The number of aliphatic hydroxyl groups is 5. The van der Waals surface area contributed by atoms with Gasteiger partial charge in [0.25, 0.3) is 0 Å². The molecule has 24 atom stereocenters. The molecule has 0 aromatic heterocycles. The van der Waals surface area contributed by atoms with Gasteiger partial charge in [0, 0.05) is 57.1 Å². The van der Waals surface area contributed by atoms with Crippen molar-refractivity contribution < 1.29 is 44.6 Å². The number of hydrogen-bond acceptors (Lipinski definition) is 10. The third kappa shape index (κ3) is 7.56. The van der Waals surface area contributed by atoms with Crippen molar-refractivity contribution in [2.24, 2.45) is 98.1 Å². The molecule has 3 spiro atoms. The Kier molecular flexibility index (Phi) is 13.4. The van der Waals surface area contributed by atoms with Crippen LogP contribution in [0.2, 0.25) is 0 Å². The second kappa shape index (κ2) is 20.4. The molecule has 10 saturated carbocycles. The standard InChI is InChI=1S/C78H97NO9/c1-46-52-17-16-49(30-52)29-47-10-8-11-48(28-47)31-60-35-57-34-56-32-54(50-12-4-3-5-13-50)19-20-63(56)74(57)43-72(44-81)67-23-27-73-42-71(24-6-7-25-71)26-22-51-14-9-15-55(41-80)61(51)37-66(79-2)62-36-58(75(73,45-82)65-38-68(83)88-69(62)65)40-77(73,85)76(67,84)39-59-33-53(46)18-21-64(70(74)87-60)78(59,72)86/h3-5,8-15,28,38,44,46,49,52-54,56-60,62-64,66-67,69-70,79-80,82,84-86H,6-7,16-21,23-25,27,29-37,39-43,45H2,1-2H3/t46-,49-,52-,53+,54-,56-,57-,58+,59+,60-,62-,63-,64-,66+,67-,69-,70-,72+,73+,74+,75-,76+,77-,78+/m1/s1. The van der Waals surface area contributed by atoms with Gasteiger partial charge in [0.2, 0.25) is 0 Å². The molecule has 3 heterocycles. The Balaban J connectivity index is 0.873. The molecule has 0 unspecified atom stereocenters. The summed E-state index contributed by atoms with van der Waals surface area (Å²) in [6, 6.07) is 26.4. The lowest BCUT2D eigenvalue weighted by molar-refractivity contribution is -0.374. The molecule has 10 heteroatoms. The summed E-state index contributed by atoms with van der Waals surface area (Å²) in [6.45, 7) is 2.04. The number of ether oxygens (including phenoxy) is 2. The van der Waals surface area contributed by atoms with E-state index in [0.717, 1.165) is 106 Å². The summed E-state index contributed by atoms with van der Waals surface area (Å²) in [7, 11) is 1.96. The minimum Gasteiger partial charge on any atom is -0.454 e. The third-order valence-corrected chi connectivity index (χ3v) is 30.5. The Labute approximate surface area is 522 Å². The van der Waals surface area contributed by atoms with Crippen molar-refractivity contribution in [2.75, 3.05) is 13.7 Å². The fourth-order valence-electron chi connectivity index (χ4n) is 27.2. The van der Waals surface area contributed by atoms with E-state index in [9.17, 15) is 15.0 Å². The minimum atomic E-state index is -1.88. The third-order valence-electron chi connectivity index (χ3n) is 30.5. The van der Waals surface area contributed by atoms with Crippen molar-refractivity contribution in [1.82, 2.24) is 5.32 Å². The first kappa shape index (κ1) is 57.7. The van der Waals surface area contributed by atoms with Gasteiger partial charge < -0.3 is 45.1 Å². The second-order valence-corrected chi connectivity index (χ2v) is 33.0. The highest BCUT2D eigenvalue weighted by molar-refractivity contribution is 5.87. The normalized spacial score (nSPS) is 48.8. The molecule has 88 heavy (non-hydrogen) atoms. The molecule has 0 radical (unpaired) electrons. The Hall–Kier alpha value is -4.18. The first-order valence-corrected chi connectivity index (χ1v) is 35.5. The van der Waals surface area contributed by atoms with E-state index in [1.54, 1.807) is 6.08 Å². The molecular weight excluding hydrogens is 1090 g/mol. The number of aldehydes is 1. The molecule has 12 bridgehead atoms. The van der Waals surface area contributed by atoms with Crippen molar-refractivity contribution in [1.29, 1.82) is 0 Å². The fourth-order valence-corrected chi connectivity index (χ4v) is 27.2. The summed E-state index contributed by atoms with van der Waals surface area (Å²) in [5.74, 6) is 8.13. The molecule has 0 amide bonds. The lowest BCUT2D eigenvalue weighted by Gasteiger charge is -2.76. The zero-order chi connectivity index (χ0) is 60.0. The van der Waals surface area contributed by atoms with Gasteiger partial charge in [-0.05, 0) is 253 Å². The van der Waals surface area contributed by atoms with Crippen molar-refractivity contribution in [3.63, 3.8) is 0 Å². The Morgan fingerprint density at radius 2 is 1.51 bits per heavy atom. The van der Waals surface area contributed by atoms with E-state index >= 15 is 20.1 Å². The maximum Gasteiger partial charge on any atom is 0.331 e. The predicted molar refractivity (Wildman–Crippen MR) is 335 cm³/mol. The number of carbonyl (C=O) groups excluding carboxylic acids is 2. The average Bonchev–Trinajstić information content (AvgIpc) is 1.30. The molecule has 10 nitrogen and oxygen atoms in total. The quantitative estimate of drug-likeness (QED) is 0.0823. The Bertz CT molecular complexity index is 3380. The number of aliphatic hydroxyl groups excluding tert-OH is 2. The summed E-state index contributed by atoms with van der Waals surface area (Å²) < 4.78 is 14.7. The molecule has 1 saturated heterocycles. The average molecular weight is 1190 g/mol. The molecular formula is C78H97NO9.